The Hall–Kier alpha value is -7.42. The lowest BCUT2D eigenvalue weighted by molar-refractivity contribution is 0.477. The topological polar surface area (TPSA) is 12.5 Å². The summed E-state index contributed by atoms with van der Waals surface area (Å²) in [6.07, 6.45) is 24.8. The maximum atomic E-state index is 6.64. The zero-order valence-corrected chi connectivity index (χ0v) is 48.6. The van der Waals surface area contributed by atoms with Crippen LogP contribution in [0.25, 0.3) is 66.8 Å². The maximum absolute atomic E-state index is 6.64. The fraction of sp³-hybridized carbons (Fsp3) is 0.308. The zero-order valence-electron chi connectivity index (χ0n) is 48.6. The zero-order chi connectivity index (χ0) is 54.9. The number of nitrogens with zero attached hydrogens (tertiary/aromatic N) is 1. The van der Waals surface area contributed by atoms with Crippen molar-refractivity contribution in [2.75, 3.05) is 4.90 Å². The number of anilines is 3. The monoisotopic (exact) mass is 1050 g/mol. The molecule has 0 saturated heterocycles. The summed E-state index contributed by atoms with van der Waals surface area (Å²) in [4.78, 5) is 2.41. The Morgan fingerprint density at radius 3 is 0.775 bits per heavy atom. The van der Waals surface area contributed by atoms with Crippen LogP contribution in [0.2, 0.25) is 0 Å². The lowest BCUT2D eigenvalue weighted by Gasteiger charge is -2.33. The molecule has 0 aliphatic carbocycles. The van der Waals surface area contributed by atoms with E-state index in [2.05, 4.69) is 233 Å². The van der Waals surface area contributed by atoms with Crippen LogP contribution in [0.1, 0.15) is 153 Å². The number of benzene rings is 9. The van der Waals surface area contributed by atoms with Gasteiger partial charge in [0.15, 0.2) is 11.5 Å². The molecule has 0 atom stereocenters. The minimum Gasteiger partial charge on any atom is -0.453 e. The molecule has 9 aromatic carbocycles. The van der Waals surface area contributed by atoms with E-state index in [1.807, 2.05) is 0 Å². The van der Waals surface area contributed by atoms with E-state index >= 15 is 0 Å². The standard InChI is InChI=1S/C78H85NO/c1-5-9-13-17-25-58-33-41-62(42-34-58)66-49-67(63-43-35-59(36-44-63)26-18-14-10-6-2)52-70(51-66)72-55-73(57-74(56-72)79-75-29-21-23-31-77(75)80-78-32-24-22-30-76(78)79)71-53-68(64-45-37-60(38-46-64)27-19-15-11-7-3)50-69(54-71)65-47-39-61(40-48-65)28-20-16-12-8-4/h21-24,29-57H,5-20,25-28H2,1-4H3. The van der Waals surface area contributed by atoms with Gasteiger partial charge in [-0.05, 0) is 219 Å². The van der Waals surface area contributed by atoms with Crippen LogP contribution in [-0.2, 0) is 25.7 Å². The highest BCUT2D eigenvalue weighted by Crippen LogP contribution is 2.52. The summed E-state index contributed by atoms with van der Waals surface area (Å²) in [7, 11) is 0. The van der Waals surface area contributed by atoms with Gasteiger partial charge in [0.05, 0.1) is 11.4 Å². The van der Waals surface area contributed by atoms with E-state index in [4.69, 9.17) is 4.74 Å². The second-order valence-electron chi connectivity index (χ2n) is 22.8. The van der Waals surface area contributed by atoms with Crippen LogP contribution in [0.15, 0.2) is 200 Å². The summed E-state index contributed by atoms with van der Waals surface area (Å²) >= 11 is 0. The molecule has 1 aliphatic rings. The summed E-state index contributed by atoms with van der Waals surface area (Å²) < 4.78 is 6.64. The smallest absolute Gasteiger partial charge is 0.151 e. The summed E-state index contributed by atoms with van der Waals surface area (Å²) in [5, 5.41) is 0. The van der Waals surface area contributed by atoms with Gasteiger partial charge in [-0.3, -0.25) is 0 Å². The van der Waals surface area contributed by atoms with E-state index in [0.29, 0.717) is 0 Å². The molecule has 0 amide bonds. The summed E-state index contributed by atoms with van der Waals surface area (Å²) in [6.45, 7) is 9.16. The molecule has 0 unspecified atom stereocenters. The SMILES string of the molecule is CCCCCCc1ccc(-c2cc(-c3ccc(CCCCCC)cc3)cc(-c3cc(-c4cc(-c5ccc(CCCCCC)cc5)cc(-c5ccc(CCCCCC)cc5)c4)cc(N4c5ccccc5Oc5ccccc54)c3)c2)cc1. The Morgan fingerprint density at radius 1 is 0.250 bits per heavy atom. The van der Waals surface area contributed by atoms with Crippen molar-refractivity contribution in [1.29, 1.82) is 0 Å². The quantitative estimate of drug-likeness (QED) is 0.0476. The van der Waals surface area contributed by atoms with E-state index < -0.39 is 0 Å². The summed E-state index contributed by atoms with van der Waals surface area (Å²) in [6, 6.07) is 76.5. The molecule has 0 bridgehead atoms. The molecule has 80 heavy (non-hydrogen) atoms. The van der Waals surface area contributed by atoms with Gasteiger partial charge in [0.1, 0.15) is 0 Å². The second-order valence-corrected chi connectivity index (χ2v) is 22.8. The van der Waals surface area contributed by atoms with Crippen molar-refractivity contribution in [3.05, 3.63) is 222 Å². The Morgan fingerprint density at radius 2 is 0.500 bits per heavy atom. The fourth-order valence-corrected chi connectivity index (χ4v) is 11.8. The predicted octanol–water partition coefficient (Wildman–Crippen LogP) is 23.8. The number of hydrogen-bond donors (Lipinski definition) is 0. The molecular weight excluding hydrogens is 967 g/mol. The average Bonchev–Trinajstić information content (AvgIpc) is 3.62. The van der Waals surface area contributed by atoms with E-state index in [1.165, 1.54) is 181 Å². The molecule has 2 nitrogen and oxygen atoms in total. The number of rotatable bonds is 27. The van der Waals surface area contributed by atoms with Crippen LogP contribution in [-0.4, -0.2) is 0 Å². The van der Waals surface area contributed by atoms with Gasteiger partial charge in [-0.2, -0.15) is 0 Å². The molecule has 0 radical (unpaired) electrons. The third kappa shape index (κ3) is 14.3. The highest BCUT2D eigenvalue weighted by atomic mass is 16.5. The van der Waals surface area contributed by atoms with Crippen LogP contribution in [0.5, 0.6) is 11.5 Å². The molecule has 2 heteroatoms. The van der Waals surface area contributed by atoms with Crippen molar-refractivity contribution >= 4 is 17.1 Å². The van der Waals surface area contributed by atoms with Gasteiger partial charge in [0, 0.05) is 5.69 Å². The van der Waals surface area contributed by atoms with Crippen LogP contribution >= 0.6 is 0 Å². The van der Waals surface area contributed by atoms with Crippen molar-refractivity contribution in [3.8, 4) is 78.3 Å². The first-order valence-electron chi connectivity index (χ1n) is 31.0. The first-order valence-corrected chi connectivity index (χ1v) is 31.0. The molecule has 0 fully saturated rings. The van der Waals surface area contributed by atoms with Gasteiger partial charge < -0.3 is 9.64 Å². The van der Waals surface area contributed by atoms with Crippen LogP contribution in [0.3, 0.4) is 0 Å². The molecular formula is C78H85NO. The van der Waals surface area contributed by atoms with Crippen molar-refractivity contribution in [3.63, 3.8) is 0 Å². The maximum Gasteiger partial charge on any atom is 0.151 e. The molecule has 1 aliphatic heterocycles. The molecule has 1 heterocycles. The van der Waals surface area contributed by atoms with E-state index in [1.54, 1.807) is 0 Å². The number of fused-ring (bicyclic) bond motifs is 2. The summed E-state index contributed by atoms with van der Waals surface area (Å²) in [5.74, 6) is 1.69. The minimum atomic E-state index is 0.844. The largest absolute Gasteiger partial charge is 0.453 e. The van der Waals surface area contributed by atoms with E-state index in [0.717, 1.165) is 65.4 Å². The third-order valence-electron chi connectivity index (χ3n) is 16.6. The van der Waals surface area contributed by atoms with Crippen molar-refractivity contribution in [1.82, 2.24) is 0 Å². The number of ether oxygens (including phenoxy) is 1. The predicted molar refractivity (Wildman–Crippen MR) is 345 cm³/mol. The molecule has 0 N–H and O–H groups in total. The summed E-state index contributed by atoms with van der Waals surface area (Å²) in [5.41, 5.74) is 23.3. The Kier molecular flexibility index (Phi) is 19.7. The van der Waals surface area contributed by atoms with Crippen LogP contribution in [0, 0.1) is 0 Å². The lowest BCUT2D eigenvalue weighted by Crippen LogP contribution is -2.15. The van der Waals surface area contributed by atoms with Crippen molar-refractivity contribution in [2.45, 2.75) is 156 Å². The van der Waals surface area contributed by atoms with Gasteiger partial charge in [0.25, 0.3) is 0 Å². The Balaban J connectivity index is 1.14. The molecule has 0 spiro atoms. The second kappa shape index (κ2) is 28.1. The third-order valence-corrected chi connectivity index (χ3v) is 16.6. The Bertz CT molecular complexity index is 3010. The van der Waals surface area contributed by atoms with Gasteiger partial charge in [-0.1, -0.05) is 226 Å². The normalized spacial score (nSPS) is 11.8. The molecule has 10 rings (SSSR count). The van der Waals surface area contributed by atoms with Gasteiger partial charge >= 0.3 is 0 Å². The first-order chi connectivity index (χ1) is 39.5. The number of unbranched alkanes of at least 4 members (excludes halogenated alkanes) is 12. The lowest BCUT2D eigenvalue weighted by atomic mass is 9.89. The highest BCUT2D eigenvalue weighted by molar-refractivity contribution is 5.92. The minimum absolute atomic E-state index is 0.844. The Labute approximate surface area is 481 Å². The van der Waals surface area contributed by atoms with Crippen LogP contribution in [0.4, 0.5) is 17.1 Å². The molecule has 0 aromatic heterocycles. The van der Waals surface area contributed by atoms with Crippen LogP contribution < -0.4 is 9.64 Å². The number of aryl methyl sites for hydroxylation is 4. The molecule has 9 aromatic rings. The van der Waals surface area contributed by atoms with E-state index in [9.17, 15) is 0 Å². The highest BCUT2D eigenvalue weighted by Gasteiger charge is 2.27. The van der Waals surface area contributed by atoms with Gasteiger partial charge in [-0.25, -0.2) is 0 Å². The van der Waals surface area contributed by atoms with Gasteiger partial charge in [0.2, 0.25) is 0 Å². The number of para-hydroxylation sites is 4. The molecule has 0 saturated carbocycles. The van der Waals surface area contributed by atoms with Crippen molar-refractivity contribution in [2.24, 2.45) is 0 Å². The molecule has 408 valence electrons. The first kappa shape index (κ1) is 55.9. The average molecular weight is 1050 g/mol. The van der Waals surface area contributed by atoms with Crippen molar-refractivity contribution < 1.29 is 4.74 Å². The van der Waals surface area contributed by atoms with Gasteiger partial charge in [-0.15, -0.1) is 0 Å². The fourth-order valence-electron chi connectivity index (χ4n) is 11.8. The number of hydrogen-bond acceptors (Lipinski definition) is 2. The van der Waals surface area contributed by atoms with E-state index in [-0.39, 0.29) is 0 Å².